The lowest BCUT2D eigenvalue weighted by molar-refractivity contribution is 0.0678. The molecule has 1 unspecified atom stereocenters. The van der Waals surface area contributed by atoms with E-state index in [4.69, 9.17) is 4.74 Å². The number of pyridine rings is 2. The fraction of sp³-hybridized carbons (Fsp3) is 0.400. The van der Waals surface area contributed by atoms with E-state index >= 15 is 0 Å². The number of nitrogens with zero attached hydrogens (tertiary/aromatic N) is 3. The molecule has 2 aromatic heterocycles. The molecule has 1 aliphatic carbocycles. The summed E-state index contributed by atoms with van der Waals surface area (Å²) in [6.45, 7) is 4.79. The average molecular weight is 367 g/mol. The standard InChI is InChI=1S/C20H21N3O4/c1-11-7-14(8-22-18(11)27-10-13-3-4-13)12(2)23-9-16-15(19(23)24)5-6-21-17(16)20(25)26/h5-8,12-13H,3-4,9-10H2,1-2H3,(H,25,26). The summed E-state index contributed by atoms with van der Waals surface area (Å²) in [4.78, 5) is 34.2. The van der Waals surface area contributed by atoms with Crippen LogP contribution in [0, 0.1) is 12.8 Å². The molecule has 1 aliphatic heterocycles. The molecule has 140 valence electrons. The number of amides is 1. The van der Waals surface area contributed by atoms with Crippen LogP contribution in [0.15, 0.2) is 24.5 Å². The Hall–Kier alpha value is -2.96. The molecule has 1 atom stereocenters. The number of carbonyl (C=O) groups is 2. The molecule has 7 heteroatoms. The van der Waals surface area contributed by atoms with E-state index in [0.717, 1.165) is 11.1 Å². The quantitative estimate of drug-likeness (QED) is 0.844. The van der Waals surface area contributed by atoms with Crippen LogP contribution in [-0.2, 0) is 6.54 Å². The lowest BCUT2D eigenvalue weighted by Crippen LogP contribution is -2.27. The highest BCUT2D eigenvalue weighted by Gasteiger charge is 2.35. The van der Waals surface area contributed by atoms with Crippen LogP contribution in [0.25, 0.3) is 0 Å². The van der Waals surface area contributed by atoms with Gasteiger partial charge in [-0.2, -0.15) is 0 Å². The highest BCUT2D eigenvalue weighted by molar-refractivity contribution is 6.01. The summed E-state index contributed by atoms with van der Waals surface area (Å²) in [7, 11) is 0. The van der Waals surface area contributed by atoms with Crippen molar-refractivity contribution in [1.29, 1.82) is 0 Å². The summed E-state index contributed by atoms with van der Waals surface area (Å²) < 4.78 is 5.77. The van der Waals surface area contributed by atoms with E-state index in [1.165, 1.54) is 19.0 Å². The minimum atomic E-state index is -1.12. The third-order valence-electron chi connectivity index (χ3n) is 5.23. The van der Waals surface area contributed by atoms with E-state index < -0.39 is 5.97 Å². The molecule has 0 radical (unpaired) electrons. The van der Waals surface area contributed by atoms with Gasteiger partial charge in [0.25, 0.3) is 5.91 Å². The Kier molecular flexibility index (Phi) is 4.30. The molecule has 1 amide bonds. The summed E-state index contributed by atoms with van der Waals surface area (Å²) >= 11 is 0. The lowest BCUT2D eigenvalue weighted by Gasteiger charge is -2.25. The first kappa shape index (κ1) is 17.5. The minimum Gasteiger partial charge on any atom is -0.477 e. The number of rotatable bonds is 6. The van der Waals surface area contributed by atoms with Crippen LogP contribution in [0.3, 0.4) is 0 Å². The van der Waals surface area contributed by atoms with Crippen molar-refractivity contribution < 1.29 is 19.4 Å². The molecule has 7 nitrogen and oxygen atoms in total. The van der Waals surface area contributed by atoms with Crippen molar-refractivity contribution in [2.24, 2.45) is 5.92 Å². The Labute approximate surface area is 157 Å². The highest BCUT2D eigenvalue weighted by Crippen LogP contribution is 2.34. The maximum Gasteiger partial charge on any atom is 0.354 e. The summed E-state index contributed by atoms with van der Waals surface area (Å²) in [5.74, 6) is -0.0215. The molecule has 0 saturated heterocycles. The van der Waals surface area contributed by atoms with E-state index in [1.54, 1.807) is 17.2 Å². The van der Waals surface area contributed by atoms with Gasteiger partial charge in [-0.25, -0.2) is 14.8 Å². The van der Waals surface area contributed by atoms with Gasteiger partial charge in [0.2, 0.25) is 5.88 Å². The second-order valence-corrected chi connectivity index (χ2v) is 7.24. The molecule has 4 rings (SSSR count). The molecule has 0 spiro atoms. The number of aromatic carboxylic acids is 1. The van der Waals surface area contributed by atoms with Crippen LogP contribution in [0.5, 0.6) is 5.88 Å². The van der Waals surface area contributed by atoms with Gasteiger partial charge in [-0.1, -0.05) is 0 Å². The first-order chi connectivity index (χ1) is 13.0. The van der Waals surface area contributed by atoms with Crippen molar-refractivity contribution in [2.45, 2.75) is 39.3 Å². The first-order valence-corrected chi connectivity index (χ1v) is 9.07. The average Bonchev–Trinajstić information content (AvgIpc) is 3.42. The number of carboxylic acid groups (broad SMARTS) is 1. The SMILES string of the molecule is Cc1cc(C(C)N2Cc3c(ccnc3C(=O)O)C2=O)cnc1OCC1CC1. The van der Waals surface area contributed by atoms with Crippen LogP contribution >= 0.6 is 0 Å². The van der Waals surface area contributed by atoms with Crippen molar-refractivity contribution in [1.82, 2.24) is 14.9 Å². The second kappa shape index (κ2) is 6.64. The van der Waals surface area contributed by atoms with Gasteiger partial charge in [-0.05, 0) is 50.3 Å². The first-order valence-electron chi connectivity index (χ1n) is 9.07. The number of carbonyl (C=O) groups excluding carboxylic acids is 1. The number of hydrogen-bond donors (Lipinski definition) is 1. The van der Waals surface area contributed by atoms with Crippen LogP contribution in [-0.4, -0.2) is 38.5 Å². The van der Waals surface area contributed by atoms with Crippen molar-refractivity contribution in [3.05, 3.63) is 52.5 Å². The Morgan fingerprint density at radius 2 is 2.19 bits per heavy atom. The Bertz CT molecular complexity index is 923. The number of fused-ring (bicyclic) bond motifs is 1. The van der Waals surface area contributed by atoms with Crippen molar-refractivity contribution >= 4 is 11.9 Å². The van der Waals surface area contributed by atoms with Crippen LogP contribution in [0.1, 0.15) is 63.3 Å². The zero-order chi connectivity index (χ0) is 19.1. The monoisotopic (exact) mass is 367 g/mol. The predicted molar refractivity (Wildman–Crippen MR) is 96.7 cm³/mol. The zero-order valence-electron chi connectivity index (χ0n) is 15.3. The molecule has 27 heavy (non-hydrogen) atoms. The van der Waals surface area contributed by atoms with E-state index in [-0.39, 0.29) is 24.2 Å². The zero-order valence-corrected chi connectivity index (χ0v) is 15.3. The Balaban J connectivity index is 1.55. The topological polar surface area (TPSA) is 92.6 Å². The van der Waals surface area contributed by atoms with Gasteiger partial charge in [0, 0.05) is 35.6 Å². The largest absolute Gasteiger partial charge is 0.477 e. The number of aryl methyl sites for hydroxylation is 1. The second-order valence-electron chi connectivity index (χ2n) is 7.24. The number of aromatic nitrogens is 2. The summed E-state index contributed by atoms with van der Waals surface area (Å²) in [5.41, 5.74) is 2.63. The molecule has 2 aromatic rings. The van der Waals surface area contributed by atoms with Crippen LogP contribution < -0.4 is 4.74 Å². The maximum absolute atomic E-state index is 12.8. The summed E-state index contributed by atoms with van der Waals surface area (Å²) in [5, 5.41) is 9.32. The summed E-state index contributed by atoms with van der Waals surface area (Å²) in [6, 6.07) is 3.32. The Morgan fingerprint density at radius 1 is 1.41 bits per heavy atom. The van der Waals surface area contributed by atoms with Crippen molar-refractivity contribution in [2.75, 3.05) is 6.61 Å². The van der Waals surface area contributed by atoms with Gasteiger partial charge >= 0.3 is 5.97 Å². The van der Waals surface area contributed by atoms with E-state index in [9.17, 15) is 14.7 Å². The van der Waals surface area contributed by atoms with Crippen molar-refractivity contribution in [3.8, 4) is 5.88 Å². The fourth-order valence-electron chi connectivity index (χ4n) is 3.37. The van der Waals surface area contributed by atoms with E-state index in [0.29, 0.717) is 29.5 Å². The van der Waals surface area contributed by atoms with Gasteiger partial charge in [-0.15, -0.1) is 0 Å². The Morgan fingerprint density at radius 3 is 2.85 bits per heavy atom. The number of carboxylic acids is 1. The molecular weight excluding hydrogens is 346 g/mol. The number of hydrogen-bond acceptors (Lipinski definition) is 5. The molecule has 0 aromatic carbocycles. The van der Waals surface area contributed by atoms with Gasteiger partial charge < -0.3 is 14.7 Å². The fourth-order valence-corrected chi connectivity index (χ4v) is 3.37. The van der Waals surface area contributed by atoms with Crippen LogP contribution in [0.2, 0.25) is 0 Å². The molecule has 1 fully saturated rings. The summed E-state index contributed by atoms with van der Waals surface area (Å²) in [6.07, 6.45) is 5.54. The van der Waals surface area contributed by atoms with Crippen LogP contribution in [0.4, 0.5) is 0 Å². The van der Waals surface area contributed by atoms with Gasteiger partial charge in [0.1, 0.15) is 0 Å². The molecule has 1 saturated carbocycles. The normalized spacial score (nSPS) is 17.0. The highest BCUT2D eigenvalue weighted by atomic mass is 16.5. The van der Waals surface area contributed by atoms with Gasteiger partial charge in [0.15, 0.2) is 5.69 Å². The molecule has 1 N–H and O–H groups in total. The van der Waals surface area contributed by atoms with E-state index in [1.807, 2.05) is 19.9 Å². The van der Waals surface area contributed by atoms with Gasteiger partial charge in [-0.3, -0.25) is 4.79 Å². The van der Waals surface area contributed by atoms with E-state index in [2.05, 4.69) is 9.97 Å². The third-order valence-corrected chi connectivity index (χ3v) is 5.23. The molecule has 2 aliphatic rings. The molecule has 3 heterocycles. The molecule has 0 bridgehead atoms. The number of ether oxygens (including phenoxy) is 1. The van der Waals surface area contributed by atoms with Crippen molar-refractivity contribution in [3.63, 3.8) is 0 Å². The van der Waals surface area contributed by atoms with Gasteiger partial charge in [0.05, 0.1) is 12.6 Å². The predicted octanol–water partition coefficient (Wildman–Crippen LogP) is 2.99. The third kappa shape index (κ3) is 3.25. The molecular formula is C20H21N3O4. The maximum atomic E-state index is 12.8. The minimum absolute atomic E-state index is 0.0614. The smallest absolute Gasteiger partial charge is 0.354 e. The lowest BCUT2D eigenvalue weighted by atomic mass is 10.1.